The van der Waals surface area contributed by atoms with Crippen LogP contribution in [-0.2, 0) is 0 Å². The molecule has 0 amide bonds. The highest BCUT2D eigenvalue weighted by molar-refractivity contribution is 7.21. The topological polar surface area (TPSA) is 46.5 Å². The zero-order chi connectivity index (χ0) is 12.0. The third-order valence-electron chi connectivity index (χ3n) is 2.63. The van der Waals surface area contributed by atoms with Crippen molar-refractivity contribution in [3.05, 3.63) is 28.5 Å². The van der Waals surface area contributed by atoms with Gasteiger partial charge in [0.25, 0.3) is 0 Å². The summed E-state index contributed by atoms with van der Waals surface area (Å²) >= 11 is 2.88. The lowest BCUT2D eigenvalue weighted by molar-refractivity contribution is 0.0702. The molecule has 0 aliphatic carbocycles. The smallest absolute Gasteiger partial charge is 0.345 e. The lowest BCUT2D eigenvalue weighted by Crippen LogP contribution is -1.89. The number of benzene rings is 1. The highest BCUT2D eigenvalue weighted by atomic mass is 32.1. The third-order valence-corrected chi connectivity index (χ3v) is 4.63. The quantitative estimate of drug-likeness (QED) is 0.765. The Kier molecular flexibility index (Phi) is 2.31. The standard InChI is InChI=1S/C12H8O3S2/c1-15-8-5-9-7(4-10(17-9)12(13)14)6-2-3-16-11(6)8/h2-5H,1H3,(H,13,14). The fourth-order valence-electron chi connectivity index (χ4n) is 1.88. The monoisotopic (exact) mass is 264 g/mol. The number of carboxylic acids is 1. The molecule has 1 aromatic carbocycles. The Morgan fingerprint density at radius 1 is 1.35 bits per heavy atom. The first-order valence-corrected chi connectivity index (χ1v) is 6.61. The van der Waals surface area contributed by atoms with E-state index in [1.165, 1.54) is 11.3 Å². The van der Waals surface area contributed by atoms with Crippen LogP contribution in [0.1, 0.15) is 9.67 Å². The number of hydrogen-bond donors (Lipinski definition) is 1. The van der Waals surface area contributed by atoms with E-state index in [4.69, 9.17) is 9.84 Å². The van der Waals surface area contributed by atoms with E-state index in [2.05, 4.69) is 0 Å². The molecule has 0 aliphatic rings. The molecule has 0 unspecified atom stereocenters. The van der Waals surface area contributed by atoms with Crippen LogP contribution in [0, 0.1) is 0 Å². The van der Waals surface area contributed by atoms with Gasteiger partial charge in [0.2, 0.25) is 0 Å². The maximum Gasteiger partial charge on any atom is 0.345 e. The van der Waals surface area contributed by atoms with Crippen molar-refractivity contribution in [1.82, 2.24) is 0 Å². The minimum atomic E-state index is -0.881. The Hall–Kier alpha value is -1.59. The van der Waals surface area contributed by atoms with Gasteiger partial charge in [0.05, 0.1) is 11.8 Å². The van der Waals surface area contributed by atoms with Crippen LogP contribution in [-0.4, -0.2) is 18.2 Å². The summed E-state index contributed by atoms with van der Waals surface area (Å²) in [4.78, 5) is 11.3. The van der Waals surface area contributed by atoms with E-state index in [0.717, 1.165) is 25.9 Å². The van der Waals surface area contributed by atoms with Gasteiger partial charge in [0.1, 0.15) is 10.6 Å². The molecule has 2 aromatic heterocycles. The number of thiophene rings is 2. The van der Waals surface area contributed by atoms with Crippen molar-refractivity contribution in [3.63, 3.8) is 0 Å². The summed E-state index contributed by atoms with van der Waals surface area (Å²) in [5.74, 6) is -0.0742. The summed E-state index contributed by atoms with van der Waals surface area (Å²) in [6, 6.07) is 5.64. The molecule has 17 heavy (non-hydrogen) atoms. The van der Waals surface area contributed by atoms with Crippen LogP contribution in [0.2, 0.25) is 0 Å². The molecule has 3 aromatic rings. The lowest BCUT2D eigenvalue weighted by atomic mass is 10.1. The minimum Gasteiger partial charge on any atom is -0.495 e. The molecule has 86 valence electrons. The summed E-state index contributed by atoms with van der Waals surface area (Å²) in [6.07, 6.45) is 0. The van der Waals surface area contributed by atoms with Crippen LogP contribution in [0.25, 0.3) is 20.2 Å². The first-order valence-electron chi connectivity index (χ1n) is 4.91. The summed E-state index contributed by atoms with van der Waals surface area (Å²) in [5.41, 5.74) is 0. The fraction of sp³-hybridized carbons (Fsp3) is 0.0833. The molecule has 0 atom stereocenters. The number of methoxy groups -OCH3 is 1. The summed E-state index contributed by atoms with van der Waals surface area (Å²) in [6.45, 7) is 0. The zero-order valence-corrected chi connectivity index (χ0v) is 10.5. The van der Waals surface area contributed by atoms with Crippen molar-refractivity contribution in [2.75, 3.05) is 7.11 Å². The molecule has 1 N–H and O–H groups in total. The number of carbonyl (C=O) groups is 1. The Morgan fingerprint density at radius 2 is 2.18 bits per heavy atom. The number of aromatic carboxylic acids is 1. The highest BCUT2D eigenvalue weighted by Gasteiger charge is 2.14. The van der Waals surface area contributed by atoms with Crippen molar-refractivity contribution >= 4 is 48.8 Å². The maximum atomic E-state index is 11.0. The predicted octanol–water partition coefficient (Wildman–Crippen LogP) is 3.82. The van der Waals surface area contributed by atoms with E-state index in [1.54, 1.807) is 24.5 Å². The van der Waals surface area contributed by atoms with Gasteiger partial charge in [-0.1, -0.05) is 0 Å². The Bertz CT molecular complexity index is 724. The van der Waals surface area contributed by atoms with Crippen molar-refractivity contribution in [1.29, 1.82) is 0 Å². The van der Waals surface area contributed by atoms with Crippen molar-refractivity contribution in [2.24, 2.45) is 0 Å². The molecule has 0 aliphatic heterocycles. The third kappa shape index (κ3) is 1.50. The largest absolute Gasteiger partial charge is 0.495 e. The first kappa shape index (κ1) is 10.6. The van der Waals surface area contributed by atoms with Crippen LogP contribution < -0.4 is 4.74 Å². The van der Waals surface area contributed by atoms with Gasteiger partial charge in [0, 0.05) is 15.5 Å². The number of carboxylic acid groups (broad SMARTS) is 1. The van der Waals surface area contributed by atoms with Crippen LogP contribution in [0.5, 0.6) is 5.75 Å². The van der Waals surface area contributed by atoms with E-state index in [-0.39, 0.29) is 0 Å². The van der Waals surface area contributed by atoms with E-state index in [1.807, 2.05) is 17.5 Å². The van der Waals surface area contributed by atoms with Crippen molar-refractivity contribution in [2.45, 2.75) is 0 Å². The Morgan fingerprint density at radius 3 is 2.88 bits per heavy atom. The molecule has 0 radical (unpaired) electrons. The Balaban J connectivity index is 2.45. The molecule has 0 saturated carbocycles. The molecule has 2 heterocycles. The second-order valence-electron chi connectivity index (χ2n) is 3.57. The normalized spacial score (nSPS) is 11.1. The molecule has 0 fully saturated rings. The molecule has 0 bridgehead atoms. The minimum absolute atomic E-state index is 0.362. The number of hydrogen-bond acceptors (Lipinski definition) is 4. The zero-order valence-electron chi connectivity index (χ0n) is 8.89. The molecule has 3 nitrogen and oxygen atoms in total. The molecule has 3 rings (SSSR count). The van der Waals surface area contributed by atoms with Crippen LogP contribution in [0.15, 0.2) is 23.6 Å². The van der Waals surface area contributed by atoms with Crippen LogP contribution in [0.3, 0.4) is 0 Å². The highest BCUT2D eigenvalue weighted by Crippen LogP contribution is 2.40. The summed E-state index contributed by atoms with van der Waals surface area (Å²) in [7, 11) is 1.63. The second-order valence-corrected chi connectivity index (χ2v) is 5.57. The van der Waals surface area contributed by atoms with Gasteiger partial charge in [0.15, 0.2) is 0 Å². The van der Waals surface area contributed by atoms with E-state index < -0.39 is 5.97 Å². The van der Waals surface area contributed by atoms with Gasteiger partial charge < -0.3 is 9.84 Å². The van der Waals surface area contributed by atoms with Gasteiger partial charge in [-0.05, 0) is 23.6 Å². The second kappa shape index (κ2) is 3.72. The van der Waals surface area contributed by atoms with Crippen LogP contribution >= 0.6 is 22.7 Å². The van der Waals surface area contributed by atoms with E-state index >= 15 is 0 Å². The first-order chi connectivity index (χ1) is 8.20. The van der Waals surface area contributed by atoms with Crippen LogP contribution in [0.4, 0.5) is 0 Å². The number of fused-ring (bicyclic) bond motifs is 3. The molecule has 0 spiro atoms. The summed E-state index contributed by atoms with van der Waals surface area (Å²) < 4.78 is 7.35. The van der Waals surface area contributed by atoms with Gasteiger partial charge in [-0.3, -0.25) is 0 Å². The van der Waals surface area contributed by atoms with Gasteiger partial charge in [-0.15, -0.1) is 22.7 Å². The average molecular weight is 264 g/mol. The van der Waals surface area contributed by atoms with Crippen molar-refractivity contribution in [3.8, 4) is 5.75 Å². The van der Waals surface area contributed by atoms with Gasteiger partial charge in [-0.25, -0.2) is 4.79 Å². The van der Waals surface area contributed by atoms with Gasteiger partial charge in [-0.2, -0.15) is 0 Å². The predicted molar refractivity (Wildman–Crippen MR) is 70.7 cm³/mol. The van der Waals surface area contributed by atoms with Crippen molar-refractivity contribution < 1.29 is 14.6 Å². The molecular weight excluding hydrogens is 256 g/mol. The SMILES string of the molecule is COc1cc2sc(C(=O)O)cc2c2ccsc12. The fourth-order valence-corrected chi connectivity index (χ4v) is 3.73. The molecular formula is C12H8O3S2. The molecule has 0 saturated heterocycles. The number of ether oxygens (including phenoxy) is 1. The Labute approximate surface area is 105 Å². The summed E-state index contributed by atoms with van der Waals surface area (Å²) in [5, 5.41) is 13.1. The van der Waals surface area contributed by atoms with E-state index in [0.29, 0.717) is 4.88 Å². The average Bonchev–Trinajstić information content (AvgIpc) is 2.93. The lowest BCUT2D eigenvalue weighted by Gasteiger charge is -2.01. The number of rotatable bonds is 2. The van der Waals surface area contributed by atoms with E-state index in [9.17, 15) is 4.79 Å². The maximum absolute atomic E-state index is 11.0. The van der Waals surface area contributed by atoms with Gasteiger partial charge >= 0.3 is 5.97 Å². The molecule has 5 heteroatoms.